The lowest BCUT2D eigenvalue weighted by Crippen LogP contribution is -2.50. The molecule has 0 saturated carbocycles. The highest BCUT2D eigenvalue weighted by molar-refractivity contribution is 5.94. The minimum atomic E-state index is -0.0671. The fourth-order valence-electron chi connectivity index (χ4n) is 3.22. The van der Waals surface area contributed by atoms with Crippen molar-refractivity contribution in [1.29, 1.82) is 0 Å². The minimum Gasteiger partial charge on any atom is -0.352 e. The Morgan fingerprint density at radius 3 is 2.42 bits per heavy atom. The summed E-state index contributed by atoms with van der Waals surface area (Å²) in [5, 5.41) is 2.77. The van der Waals surface area contributed by atoms with E-state index in [0.29, 0.717) is 12.1 Å². The zero-order valence-corrected chi connectivity index (χ0v) is 16.3. The van der Waals surface area contributed by atoms with Crippen molar-refractivity contribution in [3.05, 3.63) is 35.4 Å². The maximum Gasteiger partial charge on any atom is 0.253 e. The summed E-state index contributed by atoms with van der Waals surface area (Å²) in [5.74, 6) is 0.0145. The zero-order valence-electron chi connectivity index (χ0n) is 16.3. The van der Waals surface area contributed by atoms with Crippen LogP contribution in [0.1, 0.15) is 36.7 Å². The number of nitrogens with one attached hydrogen (secondary N) is 1. The molecule has 0 radical (unpaired) electrons. The van der Waals surface area contributed by atoms with Crippen LogP contribution in [0.15, 0.2) is 24.3 Å². The molecule has 1 saturated heterocycles. The predicted octanol–water partition coefficient (Wildman–Crippen LogP) is 1.42. The number of carbonyl (C=O) groups excluding carboxylic acids is 2. The summed E-state index contributed by atoms with van der Waals surface area (Å²) < 4.78 is 0. The van der Waals surface area contributed by atoms with Gasteiger partial charge in [0.2, 0.25) is 5.91 Å². The second kappa shape index (κ2) is 10.3. The van der Waals surface area contributed by atoms with Crippen LogP contribution >= 0.6 is 0 Å². The van der Waals surface area contributed by atoms with Crippen LogP contribution in [0.3, 0.4) is 0 Å². The molecule has 1 fully saturated rings. The van der Waals surface area contributed by atoms with Crippen molar-refractivity contribution >= 4 is 11.8 Å². The summed E-state index contributed by atoms with van der Waals surface area (Å²) in [4.78, 5) is 30.6. The standard InChI is InChI=1S/C20H32N4O2/c1-4-22(5-2)9-10-23-11-13-24(14-12-23)20(26)19-8-6-7-18(15-19)16-21-17(3)25/h6-8,15H,4-5,9-14,16H2,1-3H3,(H,21,25). The predicted molar refractivity (Wildman–Crippen MR) is 104 cm³/mol. The number of carbonyl (C=O) groups is 2. The van der Waals surface area contributed by atoms with Crippen molar-refractivity contribution < 1.29 is 9.59 Å². The molecule has 1 aliphatic heterocycles. The number of likely N-dealkylation sites (N-methyl/N-ethyl adjacent to an activating group) is 1. The van der Waals surface area contributed by atoms with Gasteiger partial charge in [-0.3, -0.25) is 14.5 Å². The minimum absolute atomic E-state index is 0.0671. The zero-order chi connectivity index (χ0) is 18.9. The number of nitrogens with zero attached hydrogens (tertiary/aromatic N) is 3. The average molecular weight is 361 g/mol. The Morgan fingerprint density at radius 2 is 1.81 bits per heavy atom. The molecule has 1 aromatic rings. The topological polar surface area (TPSA) is 55.9 Å². The van der Waals surface area contributed by atoms with Gasteiger partial charge in [-0.2, -0.15) is 0 Å². The molecule has 0 bridgehead atoms. The van der Waals surface area contributed by atoms with Crippen LogP contribution in [0.4, 0.5) is 0 Å². The number of rotatable bonds is 8. The van der Waals surface area contributed by atoms with E-state index >= 15 is 0 Å². The van der Waals surface area contributed by atoms with Crippen molar-refractivity contribution in [3.8, 4) is 0 Å². The van der Waals surface area contributed by atoms with E-state index in [-0.39, 0.29) is 11.8 Å². The van der Waals surface area contributed by atoms with Crippen molar-refractivity contribution in [3.63, 3.8) is 0 Å². The quantitative estimate of drug-likeness (QED) is 0.762. The highest BCUT2D eigenvalue weighted by Gasteiger charge is 2.22. The van der Waals surface area contributed by atoms with Crippen LogP contribution in [0.2, 0.25) is 0 Å². The third kappa shape index (κ3) is 6.11. The highest BCUT2D eigenvalue weighted by Crippen LogP contribution is 2.11. The smallest absolute Gasteiger partial charge is 0.253 e. The molecule has 6 nitrogen and oxygen atoms in total. The van der Waals surface area contributed by atoms with E-state index in [1.807, 2.05) is 29.2 Å². The van der Waals surface area contributed by atoms with Crippen LogP contribution in [0.25, 0.3) is 0 Å². The Hall–Kier alpha value is -1.92. The van der Waals surface area contributed by atoms with Gasteiger partial charge >= 0.3 is 0 Å². The van der Waals surface area contributed by atoms with Gasteiger partial charge in [0.15, 0.2) is 0 Å². The lowest BCUT2D eigenvalue weighted by atomic mass is 10.1. The molecule has 0 aromatic heterocycles. The van der Waals surface area contributed by atoms with E-state index in [4.69, 9.17) is 0 Å². The van der Waals surface area contributed by atoms with Gasteiger partial charge in [0.25, 0.3) is 5.91 Å². The highest BCUT2D eigenvalue weighted by atomic mass is 16.2. The van der Waals surface area contributed by atoms with Crippen molar-refractivity contribution in [2.45, 2.75) is 27.3 Å². The Balaban J connectivity index is 1.84. The maximum absolute atomic E-state index is 12.8. The molecule has 144 valence electrons. The number of hydrogen-bond acceptors (Lipinski definition) is 4. The Bertz CT molecular complexity index is 593. The average Bonchev–Trinajstić information content (AvgIpc) is 2.67. The lowest BCUT2D eigenvalue weighted by molar-refractivity contribution is -0.119. The van der Waals surface area contributed by atoms with Gasteiger partial charge in [0.1, 0.15) is 0 Å². The van der Waals surface area contributed by atoms with Crippen molar-refractivity contribution in [2.75, 3.05) is 52.4 Å². The number of piperazine rings is 1. The van der Waals surface area contributed by atoms with Gasteiger partial charge in [-0.05, 0) is 30.8 Å². The van der Waals surface area contributed by atoms with Crippen LogP contribution in [-0.4, -0.2) is 78.9 Å². The van der Waals surface area contributed by atoms with Crippen LogP contribution < -0.4 is 5.32 Å². The summed E-state index contributed by atoms with van der Waals surface area (Å²) in [6.07, 6.45) is 0. The normalized spacial score (nSPS) is 15.3. The molecule has 2 rings (SSSR count). The molecule has 1 heterocycles. The molecule has 1 N–H and O–H groups in total. The first-order chi connectivity index (χ1) is 12.5. The van der Waals surface area contributed by atoms with Gasteiger partial charge in [0.05, 0.1) is 0 Å². The Kier molecular flexibility index (Phi) is 8.06. The Labute approximate surface area is 157 Å². The molecule has 2 amide bonds. The summed E-state index contributed by atoms with van der Waals surface area (Å²) >= 11 is 0. The SMILES string of the molecule is CCN(CC)CCN1CCN(C(=O)c2cccc(CNC(C)=O)c2)CC1. The molecule has 26 heavy (non-hydrogen) atoms. The lowest BCUT2D eigenvalue weighted by Gasteiger charge is -2.35. The maximum atomic E-state index is 12.8. The monoisotopic (exact) mass is 360 g/mol. The van der Waals surface area contributed by atoms with E-state index < -0.39 is 0 Å². The number of amides is 2. The van der Waals surface area contributed by atoms with Gasteiger partial charge in [-0.25, -0.2) is 0 Å². The molecule has 1 aromatic carbocycles. The van der Waals surface area contributed by atoms with Gasteiger partial charge in [-0.15, -0.1) is 0 Å². The molecule has 0 aliphatic carbocycles. The first-order valence-corrected chi connectivity index (χ1v) is 9.60. The summed E-state index contributed by atoms with van der Waals surface area (Å²) in [7, 11) is 0. The Morgan fingerprint density at radius 1 is 1.12 bits per heavy atom. The van der Waals surface area contributed by atoms with Crippen LogP contribution in [0.5, 0.6) is 0 Å². The van der Waals surface area contributed by atoms with Gasteiger partial charge in [0, 0.05) is 58.3 Å². The van der Waals surface area contributed by atoms with E-state index in [9.17, 15) is 9.59 Å². The molecule has 1 aliphatic rings. The van der Waals surface area contributed by atoms with Crippen LogP contribution in [0, 0.1) is 0 Å². The molecule has 0 atom stereocenters. The second-order valence-corrected chi connectivity index (χ2v) is 6.77. The van der Waals surface area contributed by atoms with Crippen molar-refractivity contribution in [2.24, 2.45) is 0 Å². The third-order valence-corrected chi connectivity index (χ3v) is 5.00. The molecule has 0 unspecified atom stereocenters. The number of hydrogen-bond donors (Lipinski definition) is 1. The fourth-order valence-corrected chi connectivity index (χ4v) is 3.22. The van der Waals surface area contributed by atoms with E-state index in [1.54, 1.807) is 0 Å². The van der Waals surface area contributed by atoms with Gasteiger partial charge < -0.3 is 15.1 Å². The van der Waals surface area contributed by atoms with Crippen LogP contribution in [-0.2, 0) is 11.3 Å². The fraction of sp³-hybridized carbons (Fsp3) is 0.600. The number of benzene rings is 1. The first-order valence-electron chi connectivity index (χ1n) is 9.60. The molecule has 6 heteroatoms. The second-order valence-electron chi connectivity index (χ2n) is 6.77. The van der Waals surface area contributed by atoms with Gasteiger partial charge in [-0.1, -0.05) is 26.0 Å². The summed E-state index contributed by atoms with van der Waals surface area (Å²) in [5.41, 5.74) is 1.65. The molecule has 0 spiro atoms. The van der Waals surface area contributed by atoms with E-state index in [0.717, 1.165) is 57.9 Å². The first kappa shape index (κ1) is 20.4. The summed E-state index contributed by atoms with van der Waals surface area (Å²) in [6.45, 7) is 14.1. The molecular weight excluding hydrogens is 328 g/mol. The molecular formula is C20H32N4O2. The summed E-state index contributed by atoms with van der Waals surface area (Å²) in [6, 6.07) is 7.54. The van der Waals surface area contributed by atoms with Crippen molar-refractivity contribution in [1.82, 2.24) is 20.0 Å². The third-order valence-electron chi connectivity index (χ3n) is 5.00. The van der Waals surface area contributed by atoms with E-state index in [2.05, 4.69) is 29.0 Å². The van der Waals surface area contributed by atoms with E-state index in [1.165, 1.54) is 6.92 Å². The largest absolute Gasteiger partial charge is 0.352 e.